The Morgan fingerprint density at radius 3 is 2.44 bits per heavy atom. The van der Waals surface area contributed by atoms with Crippen LogP contribution in [0.2, 0.25) is 0 Å². The van der Waals surface area contributed by atoms with E-state index in [4.69, 9.17) is 9.47 Å². The summed E-state index contributed by atoms with van der Waals surface area (Å²) in [4.78, 5) is 23.5. The van der Waals surface area contributed by atoms with Crippen LogP contribution in [-0.2, 0) is 4.79 Å². The number of rotatable bonds is 6. The second kappa shape index (κ2) is 8.63. The Morgan fingerprint density at radius 1 is 1.07 bits per heavy atom. The van der Waals surface area contributed by atoms with Crippen LogP contribution in [0.1, 0.15) is 16.7 Å². The summed E-state index contributed by atoms with van der Waals surface area (Å²) in [6.07, 6.45) is 1.65. The Bertz CT molecular complexity index is 906. The average molecular weight is 448 g/mol. The first-order valence-corrected chi connectivity index (χ1v) is 9.91. The molecule has 0 aliphatic carbocycles. The molecule has 5 nitrogen and oxygen atoms in total. The van der Waals surface area contributed by atoms with Crippen LogP contribution < -0.4 is 14.8 Å². The van der Waals surface area contributed by atoms with Crippen LogP contribution in [0.4, 0.5) is 4.79 Å². The van der Waals surface area contributed by atoms with Crippen molar-refractivity contribution in [2.24, 2.45) is 0 Å². The summed E-state index contributed by atoms with van der Waals surface area (Å²) in [5.41, 5.74) is 2.87. The van der Waals surface area contributed by atoms with Gasteiger partial charge in [0.15, 0.2) is 0 Å². The minimum Gasteiger partial charge on any atom is -0.489 e. The molecular weight excluding hydrogens is 430 g/mol. The van der Waals surface area contributed by atoms with Crippen LogP contribution in [0.3, 0.4) is 0 Å². The van der Waals surface area contributed by atoms with Gasteiger partial charge in [0.05, 0.1) is 4.91 Å². The molecule has 7 heteroatoms. The Balaban J connectivity index is 1.68. The lowest BCUT2D eigenvalue weighted by atomic mass is 10.1. The number of nitrogens with one attached hydrogen (secondary N) is 1. The molecule has 0 atom stereocenters. The molecule has 2 aromatic carbocycles. The van der Waals surface area contributed by atoms with Crippen LogP contribution in [0, 0.1) is 13.8 Å². The monoisotopic (exact) mass is 447 g/mol. The standard InChI is InChI=1S/C20H18BrNO4S/c1-12-4-3-5-13(2)18(12)26-9-8-25-16-7-6-15(21)10-14(16)11-17-19(23)22-20(24)27-17/h3-7,10-11H,8-9H2,1-2H3,(H,22,23,24). The number of carbonyl (C=O) groups excluding carboxylic acids is 2. The molecule has 140 valence electrons. The molecule has 2 aromatic rings. The largest absolute Gasteiger partial charge is 0.489 e. The summed E-state index contributed by atoms with van der Waals surface area (Å²) in [6, 6.07) is 11.5. The number of hydrogen-bond donors (Lipinski definition) is 1. The van der Waals surface area contributed by atoms with Crippen molar-refractivity contribution in [1.82, 2.24) is 5.32 Å². The molecule has 0 spiro atoms. The van der Waals surface area contributed by atoms with Crippen molar-refractivity contribution < 1.29 is 19.1 Å². The van der Waals surface area contributed by atoms with E-state index in [0.717, 1.165) is 33.1 Å². The molecule has 1 aliphatic heterocycles. The number of amides is 2. The number of imide groups is 1. The normalized spacial score (nSPS) is 15.1. The first kappa shape index (κ1) is 19.5. The minimum atomic E-state index is -0.394. The third kappa shape index (κ3) is 4.93. The molecule has 1 saturated heterocycles. The zero-order valence-electron chi connectivity index (χ0n) is 14.9. The summed E-state index contributed by atoms with van der Waals surface area (Å²) in [6.45, 7) is 4.76. The summed E-state index contributed by atoms with van der Waals surface area (Å²) in [5, 5.41) is 1.88. The lowest BCUT2D eigenvalue weighted by molar-refractivity contribution is -0.115. The molecule has 0 radical (unpaired) electrons. The van der Waals surface area contributed by atoms with Crippen LogP contribution in [0.15, 0.2) is 45.8 Å². The number of para-hydroxylation sites is 1. The first-order valence-electron chi connectivity index (χ1n) is 8.30. The van der Waals surface area contributed by atoms with Crippen molar-refractivity contribution in [3.8, 4) is 11.5 Å². The smallest absolute Gasteiger partial charge is 0.290 e. The molecule has 3 rings (SSSR count). The van der Waals surface area contributed by atoms with Gasteiger partial charge in [-0.25, -0.2) is 0 Å². The number of carbonyl (C=O) groups is 2. The topological polar surface area (TPSA) is 64.6 Å². The van der Waals surface area contributed by atoms with E-state index >= 15 is 0 Å². The quantitative estimate of drug-likeness (QED) is 0.506. The van der Waals surface area contributed by atoms with Gasteiger partial charge >= 0.3 is 0 Å². The lowest BCUT2D eigenvalue weighted by Crippen LogP contribution is -2.17. The van der Waals surface area contributed by atoms with Gasteiger partial charge in [-0.2, -0.15) is 0 Å². The highest BCUT2D eigenvalue weighted by molar-refractivity contribution is 9.10. The van der Waals surface area contributed by atoms with Gasteiger partial charge in [0.2, 0.25) is 0 Å². The number of aryl methyl sites for hydroxylation is 2. The van der Waals surface area contributed by atoms with Crippen molar-refractivity contribution in [2.75, 3.05) is 13.2 Å². The highest BCUT2D eigenvalue weighted by Gasteiger charge is 2.25. The van der Waals surface area contributed by atoms with E-state index < -0.39 is 5.91 Å². The van der Waals surface area contributed by atoms with E-state index in [1.807, 2.05) is 50.2 Å². The summed E-state index contributed by atoms with van der Waals surface area (Å²) in [7, 11) is 0. The van der Waals surface area contributed by atoms with Crippen LogP contribution in [-0.4, -0.2) is 24.4 Å². The Labute approximate surface area is 170 Å². The van der Waals surface area contributed by atoms with Crippen molar-refractivity contribution in [3.63, 3.8) is 0 Å². The molecule has 1 aliphatic rings. The van der Waals surface area contributed by atoms with E-state index in [2.05, 4.69) is 21.2 Å². The fourth-order valence-electron chi connectivity index (χ4n) is 2.65. The summed E-state index contributed by atoms with van der Waals surface area (Å²) in [5.74, 6) is 1.09. The van der Waals surface area contributed by atoms with E-state index in [1.165, 1.54) is 0 Å². The van der Waals surface area contributed by atoms with E-state index in [9.17, 15) is 9.59 Å². The SMILES string of the molecule is Cc1cccc(C)c1OCCOc1ccc(Br)cc1C=C1SC(=O)NC1=O. The molecule has 27 heavy (non-hydrogen) atoms. The van der Waals surface area contributed by atoms with Gasteiger partial charge in [0, 0.05) is 10.0 Å². The maximum Gasteiger partial charge on any atom is 0.290 e. The molecule has 1 heterocycles. The number of benzene rings is 2. The molecule has 0 unspecified atom stereocenters. The highest BCUT2D eigenvalue weighted by atomic mass is 79.9. The van der Waals surface area contributed by atoms with Gasteiger partial charge in [-0.15, -0.1) is 0 Å². The summed E-state index contributed by atoms with van der Waals surface area (Å²) < 4.78 is 12.6. The lowest BCUT2D eigenvalue weighted by Gasteiger charge is -2.14. The Morgan fingerprint density at radius 2 is 1.78 bits per heavy atom. The van der Waals surface area contributed by atoms with Crippen molar-refractivity contribution in [3.05, 3.63) is 62.5 Å². The predicted octanol–water partition coefficient (Wildman–Crippen LogP) is 4.85. The van der Waals surface area contributed by atoms with Gasteiger partial charge in [0.25, 0.3) is 11.1 Å². The number of thioether (sulfide) groups is 1. The fourth-order valence-corrected chi connectivity index (χ4v) is 3.70. The number of ether oxygens (including phenoxy) is 2. The van der Waals surface area contributed by atoms with Crippen LogP contribution in [0.5, 0.6) is 11.5 Å². The predicted molar refractivity (Wildman–Crippen MR) is 110 cm³/mol. The van der Waals surface area contributed by atoms with Gasteiger partial charge < -0.3 is 9.47 Å². The molecule has 1 fully saturated rings. The second-order valence-corrected chi connectivity index (χ2v) is 7.88. The first-order chi connectivity index (χ1) is 12.9. The van der Waals surface area contributed by atoms with Gasteiger partial charge in [-0.1, -0.05) is 34.1 Å². The molecular formula is C20H18BrNO4S. The highest BCUT2D eigenvalue weighted by Crippen LogP contribution is 2.31. The average Bonchev–Trinajstić information content (AvgIpc) is 2.92. The van der Waals surface area contributed by atoms with E-state index in [0.29, 0.717) is 29.4 Å². The molecule has 0 bridgehead atoms. The van der Waals surface area contributed by atoms with Crippen molar-refractivity contribution in [1.29, 1.82) is 0 Å². The minimum absolute atomic E-state index is 0.342. The Kier molecular flexibility index (Phi) is 6.23. The van der Waals surface area contributed by atoms with Crippen LogP contribution >= 0.6 is 27.7 Å². The van der Waals surface area contributed by atoms with E-state index in [-0.39, 0.29) is 5.24 Å². The third-order valence-corrected chi connectivity index (χ3v) is 5.20. The van der Waals surface area contributed by atoms with E-state index in [1.54, 1.807) is 6.08 Å². The zero-order chi connectivity index (χ0) is 19.4. The van der Waals surface area contributed by atoms with Crippen molar-refractivity contribution in [2.45, 2.75) is 13.8 Å². The van der Waals surface area contributed by atoms with Gasteiger partial charge in [-0.05, 0) is 61.0 Å². The zero-order valence-corrected chi connectivity index (χ0v) is 17.3. The summed E-state index contributed by atoms with van der Waals surface area (Å²) >= 11 is 4.30. The number of halogens is 1. The molecule has 1 N–H and O–H groups in total. The van der Waals surface area contributed by atoms with Gasteiger partial charge in [-0.3, -0.25) is 14.9 Å². The number of hydrogen-bond acceptors (Lipinski definition) is 5. The third-order valence-electron chi connectivity index (χ3n) is 3.90. The second-order valence-electron chi connectivity index (χ2n) is 5.95. The molecule has 0 saturated carbocycles. The molecule has 2 amide bonds. The maximum atomic E-state index is 11.8. The van der Waals surface area contributed by atoms with Gasteiger partial charge in [0.1, 0.15) is 24.7 Å². The Hall–Kier alpha value is -2.25. The fraction of sp³-hybridized carbons (Fsp3) is 0.200. The molecule has 0 aromatic heterocycles. The maximum absolute atomic E-state index is 11.8. The van der Waals surface area contributed by atoms with Crippen LogP contribution in [0.25, 0.3) is 6.08 Å². The van der Waals surface area contributed by atoms with Crippen molar-refractivity contribution >= 4 is 44.9 Å².